The van der Waals surface area contributed by atoms with Crippen molar-refractivity contribution in [2.45, 2.75) is 6.04 Å². The van der Waals surface area contributed by atoms with E-state index in [2.05, 4.69) is 15.5 Å². The van der Waals surface area contributed by atoms with E-state index in [-0.39, 0.29) is 11.5 Å². The van der Waals surface area contributed by atoms with Crippen LogP contribution in [0.2, 0.25) is 0 Å². The van der Waals surface area contributed by atoms with E-state index < -0.39 is 12.0 Å². The summed E-state index contributed by atoms with van der Waals surface area (Å²) in [6, 6.07) is 4.40. The topological polar surface area (TPSA) is 91.1 Å². The van der Waals surface area contributed by atoms with Gasteiger partial charge in [-0.1, -0.05) is 12.1 Å². The smallest absolute Gasteiger partial charge is 0.337 e. The Morgan fingerprint density at radius 3 is 3.00 bits per heavy atom. The summed E-state index contributed by atoms with van der Waals surface area (Å²) in [4.78, 5) is 22.4. The number of rotatable bonds is 1. The summed E-state index contributed by atoms with van der Waals surface area (Å²) in [5.74, 6) is -1.40. The van der Waals surface area contributed by atoms with Crippen molar-refractivity contribution in [1.82, 2.24) is 0 Å². The maximum Gasteiger partial charge on any atom is 0.337 e. The maximum absolute atomic E-state index is 11.4. The molecule has 84 valence electrons. The molecule has 1 aromatic rings. The Balaban J connectivity index is 2.19. The highest BCUT2D eigenvalue weighted by Gasteiger charge is 2.34. The molecule has 2 heterocycles. The molecule has 2 N–H and O–H groups in total. The van der Waals surface area contributed by atoms with Crippen LogP contribution in [0.25, 0.3) is 0 Å². The van der Waals surface area contributed by atoms with Crippen LogP contribution in [0.15, 0.2) is 40.2 Å². The Labute approximate surface area is 95.7 Å². The van der Waals surface area contributed by atoms with Gasteiger partial charge in [0, 0.05) is 11.8 Å². The number of fused-ring (bicyclic) bond motifs is 3. The van der Waals surface area contributed by atoms with E-state index in [4.69, 9.17) is 5.11 Å². The first kappa shape index (κ1) is 9.71. The van der Waals surface area contributed by atoms with E-state index in [1.54, 1.807) is 12.1 Å². The first-order chi connectivity index (χ1) is 8.18. The third-order valence-electron chi connectivity index (χ3n) is 2.80. The second-order valence-electron chi connectivity index (χ2n) is 3.74. The van der Waals surface area contributed by atoms with Gasteiger partial charge in [-0.2, -0.15) is 5.11 Å². The number of nitrogens with one attached hydrogen (secondary N) is 1. The maximum atomic E-state index is 11.4. The van der Waals surface area contributed by atoms with Crippen molar-refractivity contribution in [3.05, 3.63) is 41.1 Å². The second-order valence-corrected chi connectivity index (χ2v) is 3.74. The summed E-state index contributed by atoms with van der Waals surface area (Å²) in [5, 5.41) is 19.2. The molecule has 1 amide bonds. The Bertz CT molecular complexity index is 604. The van der Waals surface area contributed by atoms with E-state index >= 15 is 0 Å². The van der Waals surface area contributed by atoms with Gasteiger partial charge in [-0.3, -0.25) is 4.79 Å². The summed E-state index contributed by atoms with van der Waals surface area (Å²) in [6.45, 7) is 0. The van der Waals surface area contributed by atoms with Crippen LogP contribution in [0.3, 0.4) is 0 Å². The zero-order valence-electron chi connectivity index (χ0n) is 8.54. The van der Waals surface area contributed by atoms with Crippen molar-refractivity contribution in [3.63, 3.8) is 0 Å². The summed E-state index contributed by atoms with van der Waals surface area (Å²) >= 11 is 0. The number of carbonyl (C=O) groups excluding carboxylic acids is 1. The molecule has 2 aliphatic rings. The molecule has 0 spiro atoms. The SMILES string of the molecule is O=C1N=NC2C1=CNc1c(C(=O)O)cccc12. The second kappa shape index (κ2) is 3.24. The summed E-state index contributed by atoms with van der Waals surface area (Å²) in [5.41, 5.74) is 1.74. The normalized spacial score (nSPS) is 20.4. The van der Waals surface area contributed by atoms with Gasteiger partial charge in [0.25, 0.3) is 5.91 Å². The average Bonchev–Trinajstić information content (AvgIpc) is 2.70. The molecule has 0 radical (unpaired) electrons. The number of aromatic carboxylic acids is 1. The zero-order valence-corrected chi connectivity index (χ0v) is 8.54. The number of benzene rings is 1. The van der Waals surface area contributed by atoms with Gasteiger partial charge >= 0.3 is 5.97 Å². The lowest BCUT2D eigenvalue weighted by molar-refractivity contribution is -0.114. The molecule has 6 heteroatoms. The molecule has 0 saturated heterocycles. The molecule has 0 aromatic heterocycles. The number of azo groups is 1. The Kier molecular flexibility index (Phi) is 1.85. The molecule has 3 rings (SSSR count). The van der Waals surface area contributed by atoms with Crippen molar-refractivity contribution < 1.29 is 14.7 Å². The minimum absolute atomic E-state index is 0.160. The quantitative estimate of drug-likeness (QED) is 0.767. The van der Waals surface area contributed by atoms with E-state index in [1.807, 2.05) is 0 Å². The number of hydrogen-bond donors (Lipinski definition) is 2. The molecule has 0 saturated carbocycles. The van der Waals surface area contributed by atoms with Gasteiger partial charge in [0.05, 0.1) is 16.8 Å². The molecule has 1 aromatic carbocycles. The molecular formula is C11H7N3O3. The average molecular weight is 229 g/mol. The first-order valence-corrected chi connectivity index (χ1v) is 4.96. The first-order valence-electron chi connectivity index (χ1n) is 4.96. The highest BCUT2D eigenvalue weighted by molar-refractivity contribution is 6.01. The fourth-order valence-corrected chi connectivity index (χ4v) is 2.00. The van der Waals surface area contributed by atoms with Gasteiger partial charge in [-0.15, -0.1) is 5.11 Å². The summed E-state index contributed by atoms with van der Waals surface area (Å²) in [6.07, 6.45) is 1.47. The molecule has 0 bridgehead atoms. The van der Waals surface area contributed by atoms with Crippen LogP contribution >= 0.6 is 0 Å². The standard InChI is InChI=1S/C11H7N3O3/c15-10-7-4-12-8-5(9(7)13-14-10)2-1-3-6(8)11(16)17/h1-4,9,12H,(H,16,17). The van der Waals surface area contributed by atoms with Gasteiger partial charge in [0.1, 0.15) is 6.04 Å². The lowest BCUT2D eigenvalue weighted by atomic mass is 9.93. The number of carboxylic acid groups (broad SMARTS) is 1. The zero-order chi connectivity index (χ0) is 12.0. The van der Waals surface area contributed by atoms with Crippen LogP contribution in [-0.2, 0) is 4.79 Å². The number of para-hydroxylation sites is 1. The number of carboxylic acids is 1. The Morgan fingerprint density at radius 1 is 1.41 bits per heavy atom. The van der Waals surface area contributed by atoms with E-state index in [9.17, 15) is 9.59 Å². The Hall–Kier alpha value is -2.50. The van der Waals surface area contributed by atoms with Gasteiger partial charge in [-0.25, -0.2) is 4.79 Å². The van der Waals surface area contributed by atoms with Crippen LogP contribution in [0.5, 0.6) is 0 Å². The molecule has 0 fully saturated rings. The van der Waals surface area contributed by atoms with Gasteiger partial charge in [0.15, 0.2) is 0 Å². The summed E-state index contributed by atoms with van der Waals surface area (Å²) in [7, 11) is 0. The lowest BCUT2D eigenvalue weighted by Crippen LogP contribution is -2.15. The van der Waals surface area contributed by atoms with Gasteiger partial charge in [0.2, 0.25) is 0 Å². The predicted octanol–water partition coefficient (Wildman–Crippen LogP) is 1.73. The molecule has 2 aliphatic heterocycles. The highest BCUT2D eigenvalue weighted by atomic mass is 16.4. The number of carbonyl (C=O) groups is 2. The predicted molar refractivity (Wildman–Crippen MR) is 57.7 cm³/mol. The van der Waals surface area contributed by atoms with Crippen LogP contribution in [0.1, 0.15) is 22.0 Å². The largest absolute Gasteiger partial charge is 0.478 e. The van der Waals surface area contributed by atoms with Gasteiger partial charge in [-0.05, 0) is 6.07 Å². The van der Waals surface area contributed by atoms with E-state index in [0.717, 1.165) is 0 Å². The number of hydrogen-bond acceptors (Lipinski definition) is 4. The van der Waals surface area contributed by atoms with Gasteiger partial charge < -0.3 is 10.4 Å². The molecule has 1 atom stereocenters. The molecular weight excluding hydrogens is 222 g/mol. The fraction of sp³-hybridized carbons (Fsp3) is 0.0909. The van der Waals surface area contributed by atoms with Crippen molar-refractivity contribution in [3.8, 4) is 0 Å². The van der Waals surface area contributed by atoms with Crippen molar-refractivity contribution in [1.29, 1.82) is 0 Å². The van der Waals surface area contributed by atoms with Crippen LogP contribution < -0.4 is 5.32 Å². The number of anilines is 1. The van der Waals surface area contributed by atoms with Crippen molar-refractivity contribution >= 4 is 17.6 Å². The summed E-state index contributed by atoms with van der Waals surface area (Å²) < 4.78 is 0. The van der Waals surface area contributed by atoms with Crippen LogP contribution in [0.4, 0.5) is 5.69 Å². The van der Waals surface area contributed by atoms with Crippen molar-refractivity contribution in [2.24, 2.45) is 10.2 Å². The fourth-order valence-electron chi connectivity index (χ4n) is 2.00. The minimum atomic E-state index is -1.02. The molecule has 0 aliphatic carbocycles. The highest BCUT2D eigenvalue weighted by Crippen LogP contribution is 2.40. The minimum Gasteiger partial charge on any atom is -0.478 e. The lowest BCUT2D eigenvalue weighted by Gasteiger charge is -2.20. The van der Waals surface area contributed by atoms with E-state index in [0.29, 0.717) is 16.8 Å². The number of nitrogens with zero attached hydrogens (tertiary/aromatic N) is 2. The third-order valence-corrected chi connectivity index (χ3v) is 2.80. The molecule has 1 unspecified atom stereocenters. The Morgan fingerprint density at radius 2 is 2.24 bits per heavy atom. The van der Waals surface area contributed by atoms with Crippen LogP contribution in [-0.4, -0.2) is 17.0 Å². The monoisotopic (exact) mass is 229 g/mol. The molecule has 17 heavy (non-hydrogen) atoms. The van der Waals surface area contributed by atoms with Crippen LogP contribution in [0, 0.1) is 0 Å². The van der Waals surface area contributed by atoms with Crippen molar-refractivity contribution in [2.75, 3.05) is 5.32 Å². The third kappa shape index (κ3) is 1.27. The molecule has 6 nitrogen and oxygen atoms in total. The van der Waals surface area contributed by atoms with E-state index in [1.165, 1.54) is 12.3 Å². The number of amides is 1.